The summed E-state index contributed by atoms with van der Waals surface area (Å²) in [6, 6.07) is 2.15. The molecule has 74 valence electrons. The highest BCUT2D eigenvalue weighted by atomic mass is 79.9. The van der Waals surface area contributed by atoms with E-state index in [1.165, 1.54) is 9.35 Å². The predicted octanol–water partition coefficient (Wildman–Crippen LogP) is 2.64. The molecule has 0 radical (unpaired) electrons. The first kappa shape index (κ1) is 11.2. The largest absolute Gasteiger partial charge is 0.385 e. The van der Waals surface area contributed by atoms with Gasteiger partial charge in [-0.05, 0) is 35.0 Å². The van der Waals surface area contributed by atoms with Crippen molar-refractivity contribution < 1.29 is 4.74 Å². The Balaban J connectivity index is 2.06. The fourth-order valence-electron chi connectivity index (χ4n) is 1.000. The van der Waals surface area contributed by atoms with Crippen molar-refractivity contribution in [1.29, 1.82) is 0 Å². The molecule has 0 saturated carbocycles. The first-order chi connectivity index (χ1) is 6.33. The number of ether oxygens (including phenoxy) is 1. The number of rotatable bonds is 6. The van der Waals surface area contributed by atoms with Crippen molar-refractivity contribution in [2.75, 3.05) is 20.3 Å². The number of halogens is 1. The van der Waals surface area contributed by atoms with Crippen LogP contribution in [-0.2, 0) is 11.3 Å². The molecule has 0 fully saturated rings. The number of hydrogen-bond donors (Lipinski definition) is 1. The van der Waals surface area contributed by atoms with E-state index in [0.717, 1.165) is 26.1 Å². The number of hydrogen-bond acceptors (Lipinski definition) is 3. The van der Waals surface area contributed by atoms with Gasteiger partial charge in [0.25, 0.3) is 0 Å². The SMILES string of the molecule is COCCCNCc1cc(Br)cs1. The molecule has 0 bridgehead atoms. The van der Waals surface area contributed by atoms with Crippen molar-refractivity contribution in [3.05, 3.63) is 20.8 Å². The third-order valence-electron chi connectivity index (χ3n) is 1.62. The van der Waals surface area contributed by atoms with E-state index in [1.54, 1.807) is 18.4 Å². The molecule has 1 aromatic heterocycles. The summed E-state index contributed by atoms with van der Waals surface area (Å²) in [5, 5.41) is 5.46. The van der Waals surface area contributed by atoms with Gasteiger partial charge in [0.05, 0.1) is 0 Å². The van der Waals surface area contributed by atoms with Gasteiger partial charge in [0.1, 0.15) is 0 Å². The number of methoxy groups -OCH3 is 1. The molecule has 2 nitrogen and oxygen atoms in total. The van der Waals surface area contributed by atoms with Crippen LogP contribution < -0.4 is 5.32 Å². The Morgan fingerprint density at radius 3 is 3.08 bits per heavy atom. The van der Waals surface area contributed by atoms with Crippen molar-refractivity contribution in [1.82, 2.24) is 5.32 Å². The molecule has 0 aromatic carbocycles. The third kappa shape index (κ3) is 4.76. The van der Waals surface area contributed by atoms with Gasteiger partial charge in [0, 0.05) is 35.0 Å². The molecule has 0 unspecified atom stereocenters. The van der Waals surface area contributed by atoms with Crippen molar-refractivity contribution >= 4 is 27.3 Å². The van der Waals surface area contributed by atoms with Crippen LogP contribution in [0.25, 0.3) is 0 Å². The van der Waals surface area contributed by atoms with Crippen molar-refractivity contribution in [3.8, 4) is 0 Å². The molecule has 4 heteroatoms. The molecule has 0 atom stereocenters. The number of thiophene rings is 1. The van der Waals surface area contributed by atoms with Gasteiger partial charge in [-0.15, -0.1) is 11.3 Å². The molecule has 0 aliphatic carbocycles. The molecule has 0 aliphatic rings. The van der Waals surface area contributed by atoms with Crippen molar-refractivity contribution in [3.63, 3.8) is 0 Å². The zero-order valence-corrected chi connectivity index (χ0v) is 10.1. The summed E-state index contributed by atoms with van der Waals surface area (Å²) >= 11 is 5.20. The molecule has 0 spiro atoms. The van der Waals surface area contributed by atoms with E-state index in [2.05, 4.69) is 32.7 Å². The molecule has 1 N–H and O–H groups in total. The van der Waals surface area contributed by atoms with Crippen LogP contribution in [-0.4, -0.2) is 20.3 Å². The van der Waals surface area contributed by atoms with Crippen molar-refractivity contribution in [2.45, 2.75) is 13.0 Å². The lowest BCUT2D eigenvalue weighted by Crippen LogP contribution is -2.15. The Kier molecular flexibility index (Phi) is 5.62. The maximum atomic E-state index is 4.95. The quantitative estimate of drug-likeness (QED) is 0.797. The highest BCUT2D eigenvalue weighted by Crippen LogP contribution is 2.19. The maximum Gasteiger partial charge on any atom is 0.0474 e. The summed E-state index contributed by atoms with van der Waals surface area (Å²) in [5.41, 5.74) is 0. The second-order valence-electron chi connectivity index (χ2n) is 2.75. The number of nitrogens with one attached hydrogen (secondary N) is 1. The van der Waals surface area contributed by atoms with Gasteiger partial charge >= 0.3 is 0 Å². The summed E-state index contributed by atoms with van der Waals surface area (Å²) in [5.74, 6) is 0. The molecule has 1 aromatic rings. The maximum absolute atomic E-state index is 4.95. The molecule has 0 amide bonds. The highest BCUT2D eigenvalue weighted by Gasteiger charge is 1.95. The van der Waals surface area contributed by atoms with Gasteiger partial charge in [0.15, 0.2) is 0 Å². The lowest BCUT2D eigenvalue weighted by atomic mass is 10.4. The van der Waals surface area contributed by atoms with Gasteiger partial charge in [0.2, 0.25) is 0 Å². The van der Waals surface area contributed by atoms with E-state index in [9.17, 15) is 0 Å². The molecule has 0 saturated heterocycles. The van der Waals surface area contributed by atoms with E-state index >= 15 is 0 Å². The van der Waals surface area contributed by atoms with E-state index in [4.69, 9.17) is 4.74 Å². The summed E-state index contributed by atoms with van der Waals surface area (Å²) < 4.78 is 6.13. The van der Waals surface area contributed by atoms with Crippen LogP contribution in [0.5, 0.6) is 0 Å². The smallest absolute Gasteiger partial charge is 0.0474 e. The van der Waals surface area contributed by atoms with Crippen molar-refractivity contribution in [2.24, 2.45) is 0 Å². The van der Waals surface area contributed by atoms with Crippen LogP contribution in [0.4, 0.5) is 0 Å². The minimum absolute atomic E-state index is 0.834. The molecule has 1 heterocycles. The lowest BCUT2D eigenvalue weighted by molar-refractivity contribution is 0.194. The Bertz CT molecular complexity index is 239. The van der Waals surface area contributed by atoms with Gasteiger partial charge < -0.3 is 10.1 Å². The standard InChI is InChI=1S/C9H14BrNOS/c1-12-4-2-3-11-6-9-5-8(10)7-13-9/h5,7,11H,2-4,6H2,1H3. The molecule has 0 aliphatic heterocycles. The van der Waals surface area contributed by atoms with E-state index in [-0.39, 0.29) is 0 Å². The van der Waals surface area contributed by atoms with Gasteiger partial charge in [-0.1, -0.05) is 0 Å². The fraction of sp³-hybridized carbons (Fsp3) is 0.556. The van der Waals surface area contributed by atoms with Crippen LogP contribution >= 0.6 is 27.3 Å². The van der Waals surface area contributed by atoms with Gasteiger partial charge in [-0.2, -0.15) is 0 Å². The van der Waals surface area contributed by atoms with E-state index in [1.807, 2.05) is 0 Å². The van der Waals surface area contributed by atoms with Crippen LogP contribution in [0.1, 0.15) is 11.3 Å². The zero-order chi connectivity index (χ0) is 9.52. The lowest BCUT2D eigenvalue weighted by Gasteiger charge is -2.01. The van der Waals surface area contributed by atoms with Crippen LogP contribution in [0.15, 0.2) is 15.9 Å². The Morgan fingerprint density at radius 1 is 1.62 bits per heavy atom. The molecular weight excluding hydrogens is 250 g/mol. The first-order valence-corrected chi connectivity index (χ1v) is 5.93. The minimum Gasteiger partial charge on any atom is -0.385 e. The fourth-order valence-corrected chi connectivity index (χ4v) is 2.42. The third-order valence-corrected chi connectivity index (χ3v) is 3.32. The van der Waals surface area contributed by atoms with Gasteiger partial charge in [-0.25, -0.2) is 0 Å². The normalized spacial score (nSPS) is 10.6. The average Bonchev–Trinajstić information content (AvgIpc) is 2.51. The average molecular weight is 264 g/mol. The monoisotopic (exact) mass is 263 g/mol. The zero-order valence-electron chi connectivity index (χ0n) is 7.68. The van der Waals surface area contributed by atoms with Gasteiger partial charge in [-0.3, -0.25) is 0 Å². The topological polar surface area (TPSA) is 21.3 Å². The summed E-state index contributed by atoms with van der Waals surface area (Å²) in [7, 11) is 1.73. The Morgan fingerprint density at radius 2 is 2.46 bits per heavy atom. The first-order valence-electron chi connectivity index (χ1n) is 4.25. The summed E-state index contributed by atoms with van der Waals surface area (Å²) in [6.07, 6.45) is 1.07. The van der Waals surface area contributed by atoms with E-state index in [0.29, 0.717) is 0 Å². The molecule has 1 rings (SSSR count). The Hall–Kier alpha value is 0.1000. The van der Waals surface area contributed by atoms with E-state index < -0.39 is 0 Å². The van der Waals surface area contributed by atoms with Crippen LogP contribution in [0.2, 0.25) is 0 Å². The predicted molar refractivity (Wildman–Crippen MR) is 60.2 cm³/mol. The van der Waals surface area contributed by atoms with Crippen LogP contribution in [0, 0.1) is 0 Å². The molecule has 13 heavy (non-hydrogen) atoms. The van der Waals surface area contributed by atoms with Crippen LogP contribution in [0.3, 0.4) is 0 Å². The summed E-state index contributed by atoms with van der Waals surface area (Å²) in [6.45, 7) is 2.81. The second-order valence-corrected chi connectivity index (χ2v) is 4.67. The Labute approximate surface area is 91.4 Å². The minimum atomic E-state index is 0.834. The second kappa shape index (κ2) is 6.54. The highest BCUT2D eigenvalue weighted by molar-refractivity contribution is 9.10. The molecular formula is C9H14BrNOS. The summed E-state index contributed by atoms with van der Waals surface area (Å²) in [4.78, 5) is 1.37.